The van der Waals surface area contributed by atoms with Gasteiger partial charge in [0.25, 0.3) is 5.56 Å². The first-order chi connectivity index (χ1) is 10.6. The minimum Gasteiger partial charge on any atom is -0.369 e. The van der Waals surface area contributed by atoms with Crippen LogP contribution >= 0.6 is 0 Å². The fourth-order valence-electron chi connectivity index (χ4n) is 2.48. The zero-order valence-electron chi connectivity index (χ0n) is 14.8. The molecule has 0 fully saturated rings. The van der Waals surface area contributed by atoms with Gasteiger partial charge in [-0.2, -0.15) is 0 Å². The maximum absolute atomic E-state index is 12.0. The zero-order chi connectivity index (χ0) is 17.4. The second kappa shape index (κ2) is 6.07. The lowest BCUT2D eigenvalue weighted by molar-refractivity contribution is 0.590. The molecular formula is C18H25N3O2. The van der Waals surface area contributed by atoms with Gasteiger partial charge in [0.1, 0.15) is 0 Å². The second-order valence-corrected chi connectivity index (χ2v) is 7.03. The monoisotopic (exact) mass is 315 g/mol. The van der Waals surface area contributed by atoms with Crippen molar-refractivity contribution in [2.45, 2.75) is 32.7 Å². The summed E-state index contributed by atoms with van der Waals surface area (Å²) in [5, 5.41) is 0. The average molecular weight is 315 g/mol. The van der Waals surface area contributed by atoms with Gasteiger partial charge in [0.15, 0.2) is 0 Å². The second-order valence-electron chi connectivity index (χ2n) is 7.03. The Morgan fingerprint density at radius 2 is 1.57 bits per heavy atom. The van der Waals surface area contributed by atoms with E-state index in [1.54, 1.807) is 7.05 Å². The molecule has 1 aromatic carbocycles. The van der Waals surface area contributed by atoms with Gasteiger partial charge in [-0.15, -0.1) is 0 Å². The molecule has 0 unspecified atom stereocenters. The summed E-state index contributed by atoms with van der Waals surface area (Å²) in [5.41, 5.74) is 2.55. The Morgan fingerprint density at radius 1 is 1.00 bits per heavy atom. The Bertz CT molecular complexity index is 808. The number of aromatic nitrogens is 2. The van der Waals surface area contributed by atoms with E-state index in [1.807, 2.05) is 11.9 Å². The van der Waals surface area contributed by atoms with Crippen LogP contribution in [0.4, 0.5) is 5.69 Å². The summed E-state index contributed by atoms with van der Waals surface area (Å²) in [4.78, 5) is 25.8. The molecule has 0 aliphatic carbocycles. The molecule has 124 valence electrons. The minimum atomic E-state index is -0.302. The van der Waals surface area contributed by atoms with Gasteiger partial charge in [0.2, 0.25) is 0 Å². The normalized spacial score (nSPS) is 11.6. The maximum Gasteiger partial charge on any atom is 0.330 e. The molecule has 5 heteroatoms. The van der Waals surface area contributed by atoms with Crippen LogP contribution in [0, 0.1) is 0 Å². The summed E-state index contributed by atoms with van der Waals surface area (Å²) >= 11 is 0. The van der Waals surface area contributed by atoms with Crippen molar-refractivity contribution in [3.63, 3.8) is 0 Å². The maximum atomic E-state index is 12.0. The van der Waals surface area contributed by atoms with E-state index < -0.39 is 0 Å². The van der Waals surface area contributed by atoms with Crippen LogP contribution in [0.3, 0.4) is 0 Å². The highest BCUT2D eigenvalue weighted by Crippen LogP contribution is 2.24. The molecular weight excluding hydrogens is 290 g/mol. The van der Waals surface area contributed by atoms with E-state index in [4.69, 9.17) is 0 Å². The molecule has 0 aliphatic rings. The van der Waals surface area contributed by atoms with Crippen LogP contribution in [0.1, 0.15) is 32.0 Å². The van der Waals surface area contributed by atoms with Crippen molar-refractivity contribution in [3.05, 3.63) is 62.4 Å². The summed E-state index contributed by atoms with van der Waals surface area (Å²) in [5.74, 6) is 0. The van der Waals surface area contributed by atoms with Crippen LogP contribution in [0.5, 0.6) is 0 Å². The Labute approximate surface area is 136 Å². The van der Waals surface area contributed by atoms with E-state index in [9.17, 15) is 9.59 Å². The summed E-state index contributed by atoms with van der Waals surface area (Å²) in [6.07, 6.45) is 0. The topological polar surface area (TPSA) is 47.2 Å². The van der Waals surface area contributed by atoms with Gasteiger partial charge in [0, 0.05) is 38.6 Å². The van der Waals surface area contributed by atoms with Gasteiger partial charge in [-0.25, -0.2) is 4.79 Å². The Hall–Kier alpha value is -2.30. The number of hydrogen-bond donors (Lipinski definition) is 0. The van der Waals surface area contributed by atoms with Crippen molar-refractivity contribution in [1.29, 1.82) is 0 Å². The first-order valence-electron chi connectivity index (χ1n) is 7.69. The van der Waals surface area contributed by atoms with E-state index in [0.717, 1.165) is 10.3 Å². The first-order valence-corrected chi connectivity index (χ1v) is 7.69. The molecule has 23 heavy (non-hydrogen) atoms. The highest BCUT2D eigenvalue weighted by atomic mass is 16.2. The molecule has 2 aromatic rings. The molecule has 0 N–H and O–H groups in total. The van der Waals surface area contributed by atoms with Crippen LogP contribution in [0.2, 0.25) is 0 Å². The molecule has 5 nitrogen and oxygen atoms in total. The summed E-state index contributed by atoms with van der Waals surface area (Å²) in [6.45, 7) is 7.04. The molecule has 0 aliphatic heterocycles. The number of benzene rings is 1. The van der Waals surface area contributed by atoms with E-state index in [1.165, 1.54) is 23.2 Å². The van der Waals surface area contributed by atoms with Crippen molar-refractivity contribution < 1.29 is 0 Å². The predicted molar refractivity (Wildman–Crippen MR) is 94.2 cm³/mol. The zero-order valence-corrected chi connectivity index (χ0v) is 14.8. The van der Waals surface area contributed by atoms with Crippen LogP contribution in [-0.4, -0.2) is 16.2 Å². The Kier molecular flexibility index (Phi) is 4.50. The average Bonchev–Trinajstić information content (AvgIpc) is 2.49. The summed E-state index contributed by atoms with van der Waals surface area (Å²) in [6, 6.07) is 9.89. The number of nitrogens with zero attached hydrogens (tertiary/aromatic N) is 3. The fraction of sp³-hybridized carbons (Fsp3) is 0.444. The van der Waals surface area contributed by atoms with Gasteiger partial charge in [-0.1, -0.05) is 32.9 Å². The van der Waals surface area contributed by atoms with Crippen molar-refractivity contribution in [2.24, 2.45) is 14.1 Å². The van der Waals surface area contributed by atoms with Crippen molar-refractivity contribution >= 4 is 5.69 Å². The van der Waals surface area contributed by atoms with Crippen LogP contribution in [0.25, 0.3) is 0 Å². The number of hydrogen-bond acceptors (Lipinski definition) is 3. The number of anilines is 1. The third kappa shape index (κ3) is 3.55. The molecule has 0 spiro atoms. The minimum absolute atomic E-state index is 0.118. The standard InChI is InChI=1S/C18H25N3O2/c1-18(2,3)13-7-9-14(10-8-13)19(4)12-15-11-16(22)21(6)17(23)20(15)5/h7-11H,12H2,1-6H3. The number of rotatable bonds is 3. The lowest BCUT2D eigenvalue weighted by Crippen LogP contribution is -2.39. The Morgan fingerprint density at radius 3 is 2.09 bits per heavy atom. The highest BCUT2D eigenvalue weighted by Gasteiger charge is 2.14. The van der Waals surface area contributed by atoms with Crippen molar-refractivity contribution in [3.8, 4) is 0 Å². The lowest BCUT2D eigenvalue weighted by atomic mass is 9.87. The summed E-state index contributed by atoms with van der Waals surface area (Å²) < 4.78 is 2.63. The first kappa shape index (κ1) is 17.1. The largest absolute Gasteiger partial charge is 0.369 e. The van der Waals surface area contributed by atoms with Crippen molar-refractivity contribution in [1.82, 2.24) is 9.13 Å². The molecule has 0 radical (unpaired) electrons. The van der Waals surface area contributed by atoms with Gasteiger partial charge >= 0.3 is 5.69 Å². The molecule has 0 atom stereocenters. The molecule has 1 aromatic heterocycles. The Balaban J connectivity index is 2.28. The SMILES string of the molecule is CN(Cc1cc(=O)n(C)c(=O)n1C)c1ccc(C(C)(C)C)cc1. The van der Waals surface area contributed by atoms with Gasteiger partial charge in [-0.05, 0) is 23.1 Å². The fourth-order valence-corrected chi connectivity index (χ4v) is 2.48. The van der Waals surface area contributed by atoms with Gasteiger partial charge < -0.3 is 4.90 Å². The molecule has 1 heterocycles. The lowest BCUT2D eigenvalue weighted by Gasteiger charge is -2.23. The van der Waals surface area contributed by atoms with Crippen molar-refractivity contribution in [2.75, 3.05) is 11.9 Å². The highest BCUT2D eigenvalue weighted by molar-refractivity contribution is 5.48. The molecule has 2 rings (SSSR count). The molecule has 0 amide bonds. The van der Waals surface area contributed by atoms with Gasteiger partial charge in [-0.3, -0.25) is 13.9 Å². The third-order valence-electron chi connectivity index (χ3n) is 4.20. The van der Waals surface area contributed by atoms with E-state index >= 15 is 0 Å². The summed E-state index contributed by atoms with van der Waals surface area (Å²) in [7, 11) is 5.13. The van der Waals surface area contributed by atoms with Crippen LogP contribution in [0.15, 0.2) is 39.9 Å². The van der Waals surface area contributed by atoms with Crippen LogP contribution < -0.4 is 16.1 Å². The molecule has 0 saturated heterocycles. The molecule has 0 saturated carbocycles. The van der Waals surface area contributed by atoms with E-state index in [0.29, 0.717) is 12.2 Å². The van der Waals surface area contributed by atoms with Gasteiger partial charge in [0.05, 0.1) is 6.54 Å². The van der Waals surface area contributed by atoms with E-state index in [2.05, 4.69) is 45.0 Å². The predicted octanol–water partition coefficient (Wildman–Crippen LogP) is 2.02. The van der Waals surface area contributed by atoms with E-state index in [-0.39, 0.29) is 16.7 Å². The third-order valence-corrected chi connectivity index (χ3v) is 4.20. The quantitative estimate of drug-likeness (QED) is 0.870. The smallest absolute Gasteiger partial charge is 0.330 e. The van der Waals surface area contributed by atoms with Crippen LogP contribution in [-0.2, 0) is 26.1 Å². The molecule has 0 bridgehead atoms.